The summed E-state index contributed by atoms with van der Waals surface area (Å²) in [7, 11) is 0. The minimum Gasteiger partial charge on any atom is -0.303 e. The fourth-order valence-electron chi connectivity index (χ4n) is 2.53. The van der Waals surface area contributed by atoms with E-state index in [1.54, 1.807) is 12.3 Å². The quantitative estimate of drug-likeness (QED) is 0.497. The van der Waals surface area contributed by atoms with E-state index in [0.29, 0.717) is 0 Å². The lowest BCUT2D eigenvalue weighted by Gasteiger charge is -2.16. The Labute approximate surface area is 138 Å². The average Bonchev–Trinajstić information content (AvgIpc) is 2.78. The molecule has 3 rings (SSSR count). The standard InChI is InChI=1S/C16H14N4O2S/c1-9-7-11(8-12-14(21)18-16(23)19-15(12)22)10(2)20(9)13-5-3-4-6-17-13/h3-8H,1-2H3,(H2,18,19,21,22,23). The third-order valence-corrected chi connectivity index (χ3v) is 3.80. The van der Waals surface area contributed by atoms with Gasteiger partial charge in [-0.25, -0.2) is 4.98 Å². The van der Waals surface area contributed by atoms with E-state index in [4.69, 9.17) is 12.2 Å². The van der Waals surface area contributed by atoms with Crippen LogP contribution in [0.2, 0.25) is 0 Å². The van der Waals surface area contributed by atoms with Crippen LogP contribution in [0.25, 0.3) is 11.9 Å². The van der Waals surface area contributed by atoms with Crippen LogP contribution in [0.1, 0.15) is 17.0 Å². The molecule has 2 aromatic rings. The van der Waals surface area contributed by atoms with Gasteiger partial charge in [-0.1, -0.05) is 6.07 Å². The molecule has 1 aliphatic heterocycles. The van der Waals surface area contributed by atoms with Crippen LogP contribution in [-0.2, 0) is 9.59 Å². The highest BCUT2D eigenvalue weighted by Gasteiger charge is 2.26. The Balaban J connectivity index is 2.06. The van der Waals surface area contributed by atoms with Gasteiger partial charge in [-0.2, -0.15) is 0 Å². The van der Waals surface area contributed by atoms with E-state index in [0.717, 1.165) is 22.8 Å². The number of hydrogen-bond acceptors (Lipinski definition) is 4. The van der Waals surface area contributed by atoms with Crippen molar-refractivity contribution in [1.82, 2.24) is 20.2 Å². The molecule has 6 nitrogen and oxygen atoms in total. The van der Waals surface area contributed by atoms with Crippen molar-refractivity contribution in [3.63, 3.8) is 0 Å². The normalized spacial score (nSPS) is 14.5. The summed E-state index contributed by atoms with van der Waals surface area (Å²) < 4.78 is 1.97. The molecule has 116 valence electrons. The smallest absolute Gasteiger partial charge is 0.263 e. The summed E-state index contributed by atoms with van der Waals surface area (Å²) in [6.07, 6.45) is 3.28. The molecule has 0 radical (unpaired) electrons. The van der Waals surface area contributed by atoms with Gasteiger partial charge in [-0.05, 0) is 55.9 Å². The van der Waals surface area contributed by atoms with Crippen LogP contribution in [0.3, 0.4) is 0 Å². The highest BCUT2D eigenvalue weighted by atomic mass is 32.1. The Morgan fingerprint density at radius 2 is 1.87 bits per heavy atom. The lowest BCUT2D eigenvalue weighted by molar-refractivity contribution is -0.123. The van der Waals surface area contributed by atoms with Gasteiger partial charge in [0.05, 0.1) is 0 Å². The fraction of sp³-hybridized carbons (Fsp3) is 0.125. The van der Waals surface area contributed by atoms with E-state index in [2.05, 4.69) is 15.6 Å². The third-order valence-electron chi connectivity index (χ3n) is 3.59. The summed E-state index contributed by atoms with van der Waals surface area (Å²) in [5.41, 5.74) is 2.66. The Hall–Kier alpha value is -2.80. The van der Waals surface area contributed by atoms with E-state index < -0.39 is 11.8 Å². The van der Waals surface area contributed by atoms with Crippen molar-refractivity contribution < 1.29 is 9.59 Å². The summed E-state index contributed by atoms with van der Waals surface area (Å²) in [5.74, 6) is -0.214. The molecule has 1 aliphatic rings. The molecule has 2 amide bonds. The van der Waals surface area contributed by atoms with Crippen molar-refractivity contribution in [3.8, 4) is 5.82 Å². The first-order valence-electron chi connectivity index (χ1n) is 6.96. The number of aromatic nitrogens is 2. The molecule has 2 aromatic heterocycles. The topological polar surface area (TPSA) is 76.0 Å². The van der Waals surface area contributed by atoms with Gasteiger partial charge in [0.2, 0.25) is 0 Å². The largest absolute Gasteiger partial charge is 0.303 e. The van der Waals surface area contributed by atoms with Gasteiger partial charge in [-0.15, -0.1) is 0 Å². The van der Waals surface area contributed by atoms with Gasteiger partial charge < -0.3 is 4.57 Å². The summed E-state index contributed by atoms with van der Waals surface area (Å²) >= 11 is 4.79. The van der Waals surface area contributed by atoms with Crippen LogP contribution in [0, 0.1) is 13.8 Å². The molecule has 2 N–H and O–H groups in total. The molecular weight excluding hydrogens is 312 g/mol. The highest BCUT2D eigenvalue weighted by Crippen LogP contribution is 2.22. The Morgan fingerprint density at radius 3 is 2.48 bits per heavy atom. The molecule has 0 saturated carbocycles. The second kappa shape index (κ2) is 5.77. The van der Waals surface area contributed by atoms with Crippen molar-refractivity contribution in [3.05, 3.63) is 53.0 Å². The van der Waals surface area contributed by atoms with Crippen molar-refractivity contribution >= 4 is 35.2 Å². The van der Waals surface area contributed by atoms with Gasteiger partial charge >= 0.3 is 0 Å². The van der Waals surface area contributed by atoms with Crippen molar-refractivity contribution in [1.29, 1.82) is 0 Å². The summed E-state index contributed by atoms with van der Waals surface area (Å²) in [6, 6.07) is 7.56. The number of nitrogens with one attached hydrogen (secondary N) is 2. The monoisotopic (exact) mass is 326 g/mol. The second-order valence-electron chi connectivity index (χ2n) is 5.15. The van der Waals surface area contributed by atoms with E-state index >= 15 is 0 Å². The van der Waals surface area contributed by atoms with Gasteiger partial charge in [0.15, 0.2) is 5.11 Å². The molecule has 1 fully saturated rings. The van der Waals surface area contributed by atoms with Crippen molar-refractivity contribution in [2.24, 2.45) is 0 Å². The van der Waals surface area contributed by atoms with Gasteiger partial charge in [0.25, 0.3) is 11.8 Å². The number of nitrogens with zero attached hydrogens (tertiary/aromatic N) is 2. The Kier molecular flexibility index (Phi) is 3.79. The lowest BCUT2D eigenvalue weighted by atomic mass is 10.1. The van der Waals surface area contributed by atoms with E-state index in [9.17, 15) is 9.59 Å². The molecule has 0 unspecified atom stereocenters. The number of rotatable bonds is 2. The number of carbonyl (C=O) groups excluding carboxylic acids is 2. The maximum atomic E-state index is 11.9. The minimum atomic E-state index is -0.499. The summed E-state index contributed by atoms with van der Waals surface area (Å²) in [6.45, 7) is 3.86. The molecule has 1 saturated heterocycles. The average molecular weight is 326 g/mol. The zero-order valence-electron chi connectivity index (χ0n) is 12.6. The van der Waals surface area contributed by atoms with Crippen LogP contribution in [0.15, 0.2) is 36.0 Å². The minimum absolute atomic E-state index is 0.0242. The number of pyridine rings is 1. The number of aryl methyl sites for hydroxylation is 1. The van der Waals surface area contributed by atoms with E-state index in [-0.39, 0.29) is 10.7 Å². The molecule has 3 heterocycles. The van der Waals surface area contributed by atoms with Crippen LogP contribution < -0.4 is 10.6 Å². The molecule has 0 bridgehead atoms. The molecule has 0 atom stereocenters. The second-order valence-corrected chi connectivity index (χ2v) is 5.55. The van der Waals surface area contributed by atoms with E-state index in [1.165, 1.54) is 0 Å². The van der Waals surface area contributed by atoms with Gasteiger partial charge in [0, 0.05) is 17.6 Å². The highest BCUT2D eigenvalue weighted by molar-refractivity contribution is 7.80. The predicted octanol–water partition coefficient (Wildman–Crippen LogP) is 1.40. The first-order valence-corrected chi connectivity index (χ1v) is 7.37. The molecule has 23 heavy (non-hydrogen) atoms. The zero-order chi connectivity index (χ0) is 16.6. The summed E-state index contributed by atoms with van der Waals surface area (Å²) in [5, 5.41) is 4.88. The Morgan fingerprint density at radius 1 is 1.17 bits per heavy atom. The van der Waals surface area contributed by atoms with Crippen molar-refractivity contribution in [2.45, 2.75) is 13.8 Å². The molecular formula is C16H14N4O2S. The number of amides is 2. The molecule has 0 aliphatic carbocycles. The zero-order valence-corrected chi connectivity index (χ0v) is 13.4. The van der Waals surface area contributed by atoms with Crippen LogP contribution in [-0.4, -0.2) is 26.5 Å². The fourth-order valence-corrected chi connectivity index (χ4v) is 2.72. The van der Waals surface area contributed by atoms with Crippen molar-refractivity contribution in [2.75, 3.05) is 0 Å². The first-order chi connectivity index (χ1) is 11.0. The SMILES string of the molecule is Cc1cc(C=C2C(=O)NC(=S)NC2=O)c(C)n1-c1ccccn1. The van der Waals surface area contributed by atoms with Crippen LogP contribution in [0.4, 0.5) is 0 Å². The summed E-state index contributed by atoms with van der Waals surface area (Å²) in [4.78, 5) is 28.2. The number of carbonyl (C=O) groups is 2. The number of hydrogen-bond donors (Lipinski definition) is 2. The van der Waals surface area contributed by atoms with Gasteiger partial charge in [-0.3, -0.25) is 20.2 Å². The molecule has 7 heteroatoms. The van der Waals surface area contributed by atoms with Crippen LogP contribution >= 0.6 is 12.2 Å². The maximum Gasteiger partial charge on any atom is 0.263 e. The molecule has 0 spiro atoms. The van der Waals surface area contributed by atoms with Gasteiger partial charge in [0.1, 0.15) is 11.4 Å². The first kappa shape index (κ1) is 15.1. The number of thiocarbonyl (C=S) groups is 1. The Bertz CT molecular complexity index is 830. The van der Waals surface area contributed by atoms with E-state index in [1.807, 2.05) is 42.7 Å². The predicted molar refractivity (Wildman–Crippen MR) is 89.9 cm³/mol. The van der Waals surface area contributed by atoms with Crippen LogP contribution in [0.5, 0.6) is 0 Å². The lowest BCUT2D eigenvalue weighted by Crippen LogP contribution is -2.51. The third kappa shape index (κ3) is 2.78. The maximum absolute atomic E-state index is 11.9. The molecule has 0 aromatic carbocycles.